The van der Waals surface area contributed by atoms with E-state index in [0.29, 0.717) is 13.2 Å². The predicted octanol–water partition coefficient (Wildman–Crippen LogP) is 0.720. The number of amides is 1. The van der Waals surface area contributed by atoms with Crippen LogP contribution < -0.4 is 5.32 Å². The molecule has 0 radical (unpaired) electrons. The van der Waals surface area contributed by atoms with Crippen molar-refractivity contribution in [1.82, 2.24) is 20.1 Å². The molecule has 7 heteroatoms. The molecule has 0 unspecified atom stereocenters. The summed E-state index contributed by atoms with van der Waals surface area (Å²) in [6.07, 6.45) is 0. The van der Waals surface area contributed by atoms with Crippen molar-refractivity contribution in [2.24, 2.45) is 0 Å². The van der Waals surface area contributed by atoms with Crippen molar-refractivity contribution in [2.75, 3.05) is 46.4 Å². The van der Waals surface area contributed by atoms with Gasteiger partial charge in [-0.05, 0) is 13.8 Å². The zero-order valence-electron chi connectivity index (χ0n) is 13.7. The summed E-state index contributed by atoms with van der Waals surface area (Å²) in [7, 11) is 1.64. The molecule has 0 aromatic carbocycles. The van der Waals surface area contributed by atoms with Crippen LogP contribution in [0.2, 0.25) is 0 Å². The van der Waals surface area contributed by atoms with Crippen molar-refractivity contribution >= 4 is 17.2 Å². The van der Waals surface area contributed by atoms with Crippen LogP contribution in [0.1, 0.15) is 17.6 Å². The van der Waals surface area contributed by atoms with E-state index in [4.69, 9.17) is 4.74 Å². The predicted molar refractivity (Wildman–Crippen MR) is 88.0 cm³/mol. The van der Waals surface area contributed by atoms with E-state index in [-0.39, 0.29) is 11.9 Å². The van der Waals surface area contributed by atoms with Gasteiger partial charge in [0.15, 0.2) is 0 Å². The Morgan fingerprint density at radius 2 is 2.09 bits per heavy atom. The van der Waals surface area contributed by atoms with E-state index < -0.39 is 0 Å². The number of aromatic nitrogens is 1. The summed E-state index contributed by atoms with van der Waals surface area (Å²) in [5.41, 5.74) is 1.15. The van der Waals surface area contributed by atoms with Crippen LogP contribution in [0.15, 0.2) is 5.38 Å². The lowest BCUT2D eigenvalue weighted by Crippen LogP contribution is -2.50. The van der Waals surface area contributed by atoms with Crippen LogP contribution >= 0.6 is 11.3 Å². The van der Waals surface area contributed by atoms with E-state index in [1.165, 1.54) is 0 Å². The lowest BCUT2D eigenvalue weighted by molar-refractivity contribution is -0.123. The van der Waals surface area contributed by atoms with E-state index >= 15 is 0 Å². The molecule has 6 nitrogen and oxygen atoms in total. The second kappa shape index (κ2) is 8.57. The molecule has 0 bridgehead atoms. The summed E-state index contributed by atoms with van der Waals surface area (Å²) in [5.74, 6) is 0.0770. The molecule has 0 spiro atoms. The number of aryl methyl sites for hydroxylation is 1. The first-order chi connectivity index (χ1) is 10.6. The zero-order chi connectivity index (χ0) is 15.9. The number of carbonyl (C=O) groups is 1. The van der Waals surface area contributed by atoms with Gasteiger partial charge in [-0.1, -0.05) is 0 Å². The van der Waals surface area contributed by atoms with Crippen LogP contribution in [0.25, 0.3) is 0 Å². The molecule has 1 aromatic rings. The maximum absolute atomic E-state index is 11.9. The van der Waals surface area contributed by atoms with Gasteiger partial charge in [0.1, 0.15) is 0 Å². The highest BCUT2D eigenvalue weighted by Crippen LogP contribution is 2.12. The summed E-state index contributed by atoms with van der Waals surface area (Å²) < 4.78 is 5.03. The maximum Gasteiger partial charge on any atom is 0.234 e. The Kier molecular flexibility index (Phi) is 6.75. The summed E-state index contributed by atoms with van der Waals surface area (Å²) in [6.45, 7) is 9.74. The van der Waals surface area contributed by atoms with Crippen LogP contribution in [-0.4, -0.2) is 73.2 Å². The van der Waals surface area contributed by atoms with Gasteiger partial charge < -0.3 is 10.1 Å². The van der Waals surface area contributed by atoms with E-state index in [2.05, 4.69) is 25.5 Å². The van der Waals surface area contributed by atoms with E-state index in [9.17, 15) is 4.79 Å². The fourth-order valence-electron chi connectivity index (χ4n) is 2.63. The third kappa shape index (κ3) is 5.64. The van der Waals surface area contributed by atoms with Gasteiger partial charge in [-0.25, -0.2) is 4.98 Å². The molecular formula is C15H26N4O2S. The normalized spacial score (nSPS) is 18.3. The highest BCUT2D eigenvalue weighted by Gasteiger charge is 2.20. The largest absolute Gasteiger partial charge is 0.383 e. The lowest BCUT2D eigenvalue weighted by Gasteiger charge is -2.34. The molecule has 1 aromatic heterocycles. The van der Waals surface area contributed by atoms with Crippen LogP contribution in [0, 0.1) is 6.92 Å². The van der Waals surface area contributed by atoms with E-state index in [1.807, 2.05) is 13.8 Å². The quantitative estimate of drug-likeness (QED) is 0.800. The van der Waals surface area contributed by atoms with Crippen molar-refractivity contribution in [3.63, 3.8) is 0 Å². The molecule has 1 aliphatic heterocycles. The minimum atomic E-state index is 0.0618. The topological polar surface area (TPSA) is 57.7 Å². The number of carbonyl (C=O) groups excluding carboxylic acids is 1. The highest BCUT2D eigenvalue weighted by atomic mass is 32.1. The Morgan fingerprint density at radius 1 is 1.41 bits per heavy atom. The molecule has 0 aliphatic carbocycles. The van der Waals surface area contributed by atoms with E-state index in [1.54, 1.807) is 18.4 Å². The third-order valence-corrected chi connectivity index (χ3v) is 4.53. The van der Waals surface area contributed by atoms with Gasteiger partial charge in [0.05, 0.1) is 23.9 Å². The van der Waals surface area contributed by atoms with Gasteiger partial charge in [0.2, 0.25) is 5.91 Å². The number of ether oxygens (including phenoxy) is 1. The van der Waals surface area contributed by atoms with E-state index in [0.717, 1.165) is 43.4 Å². The van der Waals surface area contributed by atoms with Crippen LogP contribution in [0.5, 0.6) is 0 Å². The molecule has 1 atom stereocenters. The summed E-state index contributed by atoms with van der Waals surface area (Å²) >= 11 is 1.70. The van der Waals surface area contributed by atoms with Gasteiger partial charge in [-0.3, -0.25) is 14.6 Å². The zero-order valence-corrected chi connectivity index (χ0v) is 14.5. The summed E-state index contributed by atoms with van der Waals surface area (Å²) in [5, 5.41) is 6.21. The minimum Gasteiger partial charge on any atom is -0.383 e. The maximum atomic E-state index is 11.9. The van der Waals surface area contributed by atoms with Crippen molar-refractivity contribution in [3.8, 4) is 0 Å². The second-order valence-electron chi connectivity index (χ2n) is 5.83. The molecule has 1 amide bonds. The average Bonchev–Trinajstić information content (AvgIpc) is 2.86. The van der Waals surface area contributed by atoms with Gasteiger partial charge in [0.25, 0.3) is 0 Å². The standard InChI is InChI=1S/C15H26N4O2S/c1-12(10-21-3)16-15(20)9-19-6-4-18(5-7-19)8-14-11-22-13(2)17-14/h11-12H,4-10H2,1-3H3,(H,16,20)/t12-/m1/s1. The number of thiazole rings is 1. The van der Waals surface area contributed by atoms with Crippen molar-refractivity contribution in [1.29, 1.82) is 0 Å². The molecular weight excluding hydrogens is 300 g/mol. The Hall–Kier alpha value is -1.02. The lowest BCUT2D eigenvalue weighted by atomic mass is 10.3. The molecule has 1 fully saturated rings. The Balaban J connectivity index is 1.67. The number of hydrogen-bond acceptors (Lipinski definition) is 6. The smallest absolute Gasteiger partial charge is 0.234 e. The van der Waals surface area contributed by atoms with Gasteiger partial charge in [-0.2, -0.15) is 0 Å². The third-order valence-electron chi connectivity index (χ3n) is 3.71. The van der Waals surface area contributed by atoms with Crippen molar-refractivity contribution < 1.29 is 9.53 Å². The summed E-state index contributed by atoms with van der Waals surface area (Å²) in [4.78, 5) is 21.1. The Labute approximate surface area is 136 Å². The number of rotatable bonds is 7. The molecule has 2 rings (SSSR count). The number of nitrogens with one attached hydrogen (secondary N) is 1. The van der Waals surface area contributed by atoms with Crippen LogP contribution in [0.3, 0.4) is 0 Å². The van der Waals surface area contributed by atoms with Gasteiger partial charge in [0, 0.05) is 51.3 Å². The molecule has 124 valence electrons. The van der Waals surface area contributed by atoms with Gasteiger partial charge >= 0.3 is 0 Å². The van der Waals surface area contributed by atoms with Crippen molar-refractivity contribution in [2.45, 2.75) is 26.4 Å². The monoisotopic (exact) mass is 326 g/mol. The number of methoxy groups -OCH3 is 1. The summed E-state index contributed by atoms with van der Waals surface area (Å²) in [6, 6.07) is 0.0618. The van der Waals surface area contributed by atoms with Crippen LogP contribution in [-0.2, 0) is 16.1 Å². The molecule has 1 saturated heterocycles. The Bertz CT molecular complexity index is 472. The number of hydrogen-bond donors (Lipinski definition) is 1. The molecule has 0 saturated carbocycles. The average molecular weight is 326 g/mol. The van der Waals surface area contributed by atoms with Crippen molar-refractivity contribution in [3.05, 3.63) is 16.1 Å². The molecule has 1 aliphatic rings. The molecule has 1 N–H and O–H groups in total. The SMILES string of the molecule is COC[C@@H](C)NC(=O)CN1CCN(Cc2csc(C)n2)CC1. The molecule has 2 heterocycles. The first kappa shape index (κ1) is 17.3. The first-order valence-corrected chi connectivity index (χ1v) is 8.59. The fourth-order valence-corrected chi connectivity index (χ4v) is 3.23. The Morgan fingerprint density at radius 3 is 2.68 bits per heavy atom. The second-order valence-corrected chi connectivity index (χ2v) is 6.90. The molecule has 22 heavy (non-hydrogen) atoms. The highest BCUT2D eigenvalue weighted by molar-refractivity contribution is 7.09. The van der Waals surface area contributed by atoms with Gasteiger partial charge in [-0.15, -0.1) is 11.3 Å². The first-order valence-electron chi connectivity index (χ1n) is 7.71. The minimum absolute atomic E-state index is 0.0618. The fraction of sp³-hybridized carbons (Fsp3) is 0.733. The van der Waals surface area contributed by atoms with Crippen LogP contribution in [0.4, 0.5) is 0 Å². The number of nitrogens with zero attached hydrogens (tertiary/aromatic N) is 3. The number of piperazine rings is 1.